The summed E-state index contributed by atoms with van der Waals surface area (Å²) >= 11 is 6.18. The van der Waals surface area contributed by atoms with E-state index in [-0.39, 0.29) is 0 Å². The third-order valence-electron chi connectivity index (χ3n) is 5.18. The molecule has 24 heavy (non-hydrogen) atoms. The molecule has 0 unspecified atom stereocenters. The molecule has 0 bridgehead atoms. The van der Waals surface area contributed by atoms with E-state index >= 15 is 0 Å². The first kappa shape index (κ1) is 15.7. The molecule has 3 aromatic rings. The molecular weight excluding hydrogens is 320 g/mol. The van der Waals surface area contributed by atoms with Gasteiger partial charge in [0.1, 0.15) is 0 Å². The first-order chi connectivity index (χ1) is 11.7. The zero-order valence-corrected chi connectivity index (χ0v) is 14.8. The fraction of sp³-hybridized carbons (Fsp3) is 0.421. The predicted molar refractivity (Wildman–Crippen MR) is 98.6 cm³/mol. The number of H-pyrrole nitrogens is 1. The SMILES string of the molecule is Cn1cc(CCN2CCC(c3c[nH]c4ccc(Cl)cc34)CC2)cn1. The molecule has 0 radical (unpaired) electrons. The smallest absolute Gasteiger partial charge is 0.0522 e. The number of nitrogens with one attached hydrogen (secondary N) is 1. The van der Waals surface area contributed by atoms with Crippen LogP contribution < -0.4 is 0 Å². The monoisotopic (exact) mass is 342 g/mol. The maximum Gasteiger partial charge on any atom is 0.0522 e. The standard InChI is InChI=1S/C19H23ClN4/c1-23-13-14(11-22-23)4-7-24-8-5-15(6-9-24)18-12-21-19-3-2-16(20)10-17(18)19/h2-3,10-13,15,21H,4-9H2,1H3. The van der Waals surface area contributed by atoms with E-state index in [1.165, 1.54) is 34.9 Å². The van der Waals surface area contributed by atoms with E-state index in [9.17, 15) is 0 Å². The van der Waals surface area contributed by atoms with E-state index in [2.05, 4.69) is 39.5 Å². The maximum absolute atomic E-state index is 6.18. The Labute approximate surface area is 147 Å². The van der Waals surface area contributed by atoms with Crippen LogP contribution in [-0.2, 0) is 13.5 Å². The molecule has 4 rings (SSSR count). The summed E-state index contributed by atoms with van der Waals surface area (Å²) in [6.07, 6.45) is 9.78. The van der Waals surface area contributed by atoms with Gasteiger partial charge in [0.2, 0.25) is 0 Å². The molecule has 1 fully saturated rings. The highest BCUT2D eigenvalue weighted by Gasteiger charge is 2.22. The van der Waals surface area contributed by atoms with Crippen molar-refractivity contribution in [1.29, 1.82) is 0 Å². The molecule has 1 N–H and O–H groups in total. The van der Waals surface area contributed by atoms with Crippen LogP contribution in [0.2, 0.25) is 5.02 Å². The van der Waals surface area contributed by atoms with Crippen LogP contribution in [0, 0.1) is 0 Å². The van der Waals surface area contributed by atoms with Gasteiger partial charge < -0.3 is 9.88 Å². The average Bonchev–Trinajstić information content (AvgIpc) is 3.19. The van der Waals surface area contributed by atoms with Gasteiger partial charge in [-0.1, -0.05) is 11.6 Å². The molecule has 1 aromatic carbocycles. The topological polar surface area (TPSA) is 36.9 Å². The van der Waals surface area contributed by atoms with E-state index in [1.54, 1.807) is 0 Å². The molecule has 3 heterocycles. The van der Waals surface area contributed by atoms with Gasteiger partial charge in [0.15, 0.2) is 0 Å². The Morgan fingerprint density at radius 2 is 2.12 bits per heavy atom. The highest BCUT2D eigenvalue weighted by molar-refractivity contribution is 6.31. The number of aryl methyl sites for hydroxylation is 1. The van der Waals surface area contributed by atoms with Crippen molar-refractivity contribution in [3.05, 3.63) is 52.9 Å². The fourth-order valence-corrected chi connectivity index (χ4v) is 3.98. The average molecular weight is 343 g/mol. The van der Waals surface area contributed by atoms with Gasteiger partial charge >= 0.3 is 0 Å². The summed E-state index contributed by atoms with van der Waals surface area (Å²) < 4.78 is 1.88. The van der Waals surface area contributed by atoms with E-state index in [0.717, 1.165) is 31.1 Å². The molecule has 0 spiro atoms. The van der Waals surface area contributed by atoms with Crippen LogP contribution >= 0.6 is 11.6 Å². The van der Waals surface area contributed by atoms with Gasteiger partial charge in [-0.15, -0.1) is 0 Å². The highest BCUT2D eigenvalue weighted by Crippen LogP contribution is 2.34. The normalized spacial score (nSPS) is 16.9. The first-order valence-electron chi connectivity index (χ1n) is 8.65. The maximum atomic E-state index is 6.18. The Balaban J connectivity index is 1.37. The van der Waals surface area contributed by atoms with E-state index in [4.69, 9.17) is 11.6 Å². The van der Waals surface area contributed by atoms with Gasteiger partial charge in [-0.05, 0) is 67.6 Å². The Bertz CT molecular complexity index is 827. The van der Waals surface area contributed by atoms with Crippen LogP contribution in [-0.4, -0.2) is 39.3 Å². The van der Waals surface area contributed by atoms with Gasteiger partial charge in [0.25, 0.3) is 0 Å². The van der Waals surface area contributed by atoms with Crippen molar-refractivity contribution in [1.82, 2.24) is 19.7 Å². The quantitative estimate of drug-likeness (QED) is 0.778. The first-order valence-corrected chi connectivity index (χ1v) is 9.03. The number of aromatic amines is 1. The molecule has 126 valence electrons. The van der Waals surface area contributed by atoms with Gasteiger partial charge in [-0.25, -0.2) is 0 Å². The highest BCUT2D eigenvalue weighted by atomic mass is 35.5. The second kappa shape index (κ2) is 6.61. The number of aromatic nitrogens is 3. The van der Waals surface area contributed by atoms with Crippen LogP contribution in [0.5, 0.6) is 0 Å². The van der Waals surface area contributed by atoms with Crippen LogP contribution in [0.4, 0.5) is 0 Å². The molecule has 1 aliphatic rings. The van der Waals surface area contributed by atoms with Crippen LogP contribution in [0.3, 0.4) is 0 Å². The Kier molecular flexibility index (Phi) is 4.33. The molecule has 2 aromatic heterocycles. The third kappa shape index (κ3) is 3.21. The number of rotatable bonds is 4. The Hall–Kier alpha value is -1.78. The summed E-state index contributed by atoms with van der Waals surface area (Å²) in [4.78, 5) is 5.97. The van der Waals surface area contributed by atoms with Crippen molar-refractivity contribution < 1.29 is 0 Å². The Morgan fingerprint density at radius 3 is 2.88 bits per heavy atom. The number of hydrogen-bond acceptors (Lipinski definition) is 2. The number of halogens is 1. The zero-order chi connectivity index (χ0) is 16.5. The molecule has 5 heteroatoms. The van der Waals surface area contributed by atoms with Gasteiger partial charge in [-0.3, -0.25) is 4.68 Å². The largest absolute Gasteiger partial charge is 0.361 e. The van der Waals surface area contributed by atoms with Gasteiger partial charge in [0, 0.05) is 41.9 Å². The summed E-state index contributed by atoms with van der Waals surface area (Å²) in [6, 6.07) is 6.12. The number of piperidine rings is 1. The summed E-state index contributed by atoms with van der Waals surface area (Å²) in [5.41, 5.74) is 3.94. The summed E-state index contributed by atoms with van der Waals surface area (Å²) in [6.45, 7) is 3.45. The van der Waals surface area contributed by atoms with Crippen molar-refractivity contribution in [3.63, 3.8) is 0 Å². The molecule has 0 saturated carbocycles. The second-order valence-electron chi connectivity index (χ2n) is 6.82. The molecule has 0 amide bonds. The number of likely N-dealkylation sites (tertiary alicyclic amines) is 1. The molecule has 0 atom stereocenters. The van der Waals surface area contributed by atoms with Crippen molar-refractivity contribution in [2.45, 2.75) is 25.2 Å². The fourth-order valence-electron chi connectivity index (χ4n) is 3.81. The lowest BCUT2D eigenvalue weighted by Crippen LogP contribution is -2.34. The summed E-state index contributed by atoms with van der Waals surface area (Å²) in [7, 11) is 1.97. The van der Waals surface area contributed by atoms with Crippen LogP contribution in [0.15, 0.2) is 36.8 Å². The molecule has 1 aliphatic heterocycles. The second-order valence-corrected chi connectivity index (χ2v) is 7.26. The summed E-state index contributed by atoms with van der Waals surface area (Å²) in [5, 5.41) is 6.35. The van der Waals surface area contributed by atoms with E-state index < -0.39 is 0 Å². The molecular formula is C19H23ClN4. The van der Waals surface area contributed by atoms with E-state index in [0.29, 0.717) is 5.92 Å². The van der Waals surface area contributed by atoms with Gasteiger partial charge in [0.05, 0.1) is 6.20 Å². The summed E-state index contributed by atoms with van der Waals surface area (Å²) in [5.74, 6) is 0.631. The predicted octanol–water partition coefficient (Wildman–Crippen LogP) is 3.98. The molecule has 4 nitrogen and oxygen atoms in total. The minimum atomic E-state index is 0.631. The molecule has 1 saturated heterocycles. The van der Waals surface area contributed by atoms with Gasteiger partial charge in [-0.2, -0.15) is 5.10 Å². The number of benzene rings is 1. The zero-order valence-electron chi connectivity index (χ0n) is 14.0. The van der Waals surface area contributed by atoms with Crippen LogP contribution in [0.25, 0.3) is 10.9 Å². The van der Waals surface area contributed by atoms with Crippen LogP contribution in [0.1, 0.15) is 29.9 Å². The lowest BCUT2D eigenvalue weighted by atomic mass is 9.89. The molecule has 0 aliphatic carbocycles. The number of hydrogen-bond donors (Lipinski definition) is 1. The van der Waals surface area contributed by atoms with E-state index in [1.807, 2.05) is 24.0 Å². The third-order valence-corrected chi connectivity index (χ3v) is 5.41. The minimum Gasteiger partial charge on any atom is -0.361 e. The lowest BCUT2D eigenvalue weighted by molar-refractivity contribution is 0.215. The van der Waals surface area contributed by atoms with Crippen molar-refractivity contribution in [3.8, 4) is 0 Å². The lowest BCUT2D eigenvalue weighted by Gasteiger charge is -2.31. The Morgan fingerprint density at radius 1 is 1.29 bits per heavy atom. The van der Waals surface area contributed by atoms with Crippen molar-refractivity contribution >= 4 is 22.5 Å². The number of nitrogens with zero attached hydrogens (tertiary/aromatic N) is 3. The van der Waals surface area contributed by atoms with Crippen molar-refractivity contribution in [2.24, 2.45) is 7.05 Å². The minimum absolute atomic E-state index is 0.631. The number of fused-ring (bicyclic) bond motifs is 1. The van der Waals surface area contributed by atoms with Crippen molar-refractivity contribution in [2.75, 3.05) is 19.6 Å².